The molecule has 4 rings (SSSR count). The van der Waals surface area contributed by atoms with Crippen LogP contribution in [-0.2, 0) is 6.16 Å². The van der Waals surface area contributed by atoms with Crippen LogP contribution >= 0.6 is 32.1 Å². The van der Waals surface area contributed by atoms with Crippen molar-refractivity contribution in [3.05, 3.63) is 121 Å². The van der Waals surface area contributed by atoms with Gasteiger partial charge in [0.15, 0.2) is 0 Å². The van der Waals surface area contributed by atoms with E-state index in [1.165, 1.54) is 15.9 Å². The summed E-state index contributed by atoms with van der Waals surface area (Å²) in [5.74, 6) is 0. The maximum Gasteiger partial charge on any atom is 0.118 e. The number of hydrogen-bond acceptors (Lipinski definition) is 1. The van der Waals surface area contributed by atoms with Gasteiger partial charge in [-0.2, -0.15) is 0 Å². The molecule has 0 saturated carbocycles. The first-order valence-corrected chi connectivity index (χ1v) is 11.2. The van der Waals surface area contributed by atoms with Gasteiger partial charge in [0.2, 0.25) is 0 Å². The Labute approximate surface area is 186 Å². The van der Waals surface area contributed by atoms with Crippen LogP contribution in [0.5, 0.6) is 0 Å². The quantitative estimate of drug-likeness (QED) is 0.361. The molecule has 3 aromatic carbocycles. The van der Waals surface area contributed by atoms with Crippen LogP contribution in [0, 0.1) is 6.92 Å². The molecule has 29 heavy (non-hydrogen) atoms. The lowest BCUT2D eigenvalue weighted by Crippen LogP contribution is -2.32. The number of pyridine rings is 1. The van der Waals surface area contributed by atoms with Crippen molar-refractivity contribution in [1.82, 2.24) is 4.98 Å². The molecule has 0 aliphatic carbocycles. The van der Waals surface area contributed by atoms with Crippen molar-refractivity contribution in [2.24, 2.45) is 0 Å². The van der Waals surface area contributed by atoms with E-state index in [1.54, 1.807) is 0 Å². The van der Waals surface area contributed by atoms with Crippen LogP contribution in [0.2, 0.25) is 0 Å². The first-order valence-electron chi connectivity index (χ1n) is 9.26. The van der Waals surface area contributed by atoms with E-state index in [9.17, 15) is 0 Å². The minimum Gasteiger partial charge on any atom is -0.254 e. The van der Waals surface area contributed by atoms with E-state index in [1.807, 2.05) is 0 Å². The molecule has 0 fully saturated rings. The summed E-state index contributed by atoms with van der Waals surface area (Å²) in [6.07, 6.45) is 0.923. The highest BCUT2D eigenvalue weighted by Gasteiger charge is 2.45. The van der Waals surface area contributed by atoms with Gasteiger partial charge in [-0.1, -0.05) is 60.7 Å². The Morgan fingerprint density at radius 1 is 0.552 bits per heavy atom. The third kappa shape index (κ3) is 4.87. The molecule has 1 aromatic heterocycles. The highest BCUT2D eigenvalue weighted by Crippen LogP contribution is 2.57. The zero-order valence-corrected chi connectivity index (χ0v) is 18.8. The van der Waals surface area contributed by atoms with E-state index in [2.05, 4.69) is 116 Å². The molecule has 0 radical (unpaired) electrons. The van der Waals surface area contributed by atoms with Crippen molar-refractivity contribution in [3.8, 4) is 0 Å². The van der Waals surface area contributed by atoms with E-state index in [-0.39, 0.29) is 24.8 Å². The number of rotatable bonds is 5. The zero-order valence-electron chi connectivity index (χ0n) is 16.3. The summed E-state index contributed by atoms with van der Waals surface area (Å²) < 4.78 is 0. The van der Waals surface area contributed by atoms with Crippen LogP contribution in [-0.4, -0.2) is 4.98 Å². The number of aryl methyl sites for hydroxylation is 1. The molecule has 1 nitrogen and oxygen atoms in total. The minimum atomic E-state index is -1.86. The number of hydrogen-bond donors (Lipinski definition) is 0. The predicted octanol–water partition coefficient (Wildman–Crippen LogP) is 5.73. The number of halogens is 2. The zero-order chi connectivity index (χ0) is 18.5. The number of nitrogens with zero attached hydrogens (tertiary/aromatic N) is 1. The first kappa shape index (κ1) is 23.1. The molecule has 148 valence electrons. The van der Waals surface area contributed by atoms with Gasteiger partial charge < -0.3 is 0 Å². The summed E-state index contributed by atoms with van der Waals surface area (Å²) in [4.78, 5) is 4.86. The van der Waals surface area contributed by atoms with Gasteiger partial charge in [-0.25, -0.2) is 0 Å². The van der Waals surface area contributed by atoms with Crippen molar-refractivity contribution in [2.45, 2.75) is 13.1 Å². The molecule has 4 heteroatoms. The van der Waals surface area contributed by atoms with Gasteiger partial charge in [0.1, 0.15) is 29.3 Å². The van der Waals surface area contributed by atoms with Crippen LogP contribution in [0.25, 0.3) is 0 Å². The second-order valence-electron chi connectivity index (χ2n) is 6.74. The van der Waals surface area contributed by atoms with Gasteiger partial charge in [-0.05, 0) is 55.5 Å². The summed E-state index contributed by atoms with van der Waals surface area (Å²) in [6.45, 7) is 2.07. The highest BCUT2D eigenvalue weighted by atomic mass is 35.5. The fraction of sp³-hybridized carbons (Fsp3) is 0.0800. The molecule has 4 aromatic rings. The number of benzene rings is 3. The summed E-state index contributed by atoms with van der Waals surface area (Å²) in [5, 5.41) is 4.18. The van der Waals surface area contributed by atoms with Gasteiger partial charge in [0.05, 0.1) is 5.69 Å². The van der Waals surface area contributed by atoms with E-state index in [4.69, 9.17) is 4.98 Å². The minimum absolute atomic E-state index is 0. The van der Waals surface area contributed by atoms with Crippen LogP contribution in [0.1, 0.15) is 11.4 Å². The first-order chi connectivity index (χ1) is 13.3. The molecular weight excluding hydrogens is 416 g/mol. The smallest absolute Gasteiger partial charge is 0.118 e. The molecule has 0 atom stereocenters. The largest absolute Gasteiger partial charge is 0.254 e. The Hall–Kier alpha value is -2.18. The van der Waals surface area contributed by atoms with Gasteiger partial charge >= 0.3 is 0 Å². The topological polar surface area (TPSA) is 12.9 Å². The van der Waals surface area contributed by atoms with Gasteiger partial charge in [-0.15, -0.1) is 24.8 Å². The van der Waals surface area contributed by atoms with E-state index >= 15 is 0 Å². The molecule has 0 bridgehead atoms. The second kappa shape index (κ2) is 10.6. The van der Waals surface area contributed by atoms with Crippen LogP contribution in [0.4, 0.5) is 0 Å². The average Bonchev–Trinajstić information content (AvgIpc) is 2.74. The lowest BCUT2D eigenvalue weighted by molar-refractivity contribution is 1.10. The van der Waals surface area contributed by atoms with Gasteiger partial charge in [0, 0.05) is 5.69 Å². The highest BCUT2D eigenvalue weighted by molar-refractivity contribution is 7.95. The summed E-state index contributed by atoms with van der Waals surface area (Å²) in [7, 11) is -1.86. The molecule has 0 aliphatic heterocycles. The average molecular weight is 441 g/mol. The lowest BCUT2D eigenvalue weighted by atomic mass is 10.3. The molecule has 0 unspecified atom stereocenters. The van der Waals surface area contributed by atoms with Crippen LogP contribution in [0.3, 0.4) is 0 Å². The molecule has 0 spiro atoms. The van der Waals surface area contributed by atoms with E-state index in [0.29, 0.717) is 0 Å². The second-order valence-corrected chi connectivity index (χ2v) is 10.2. The standard InChI is InChI=1S/C25H23NP.2ClH/c1-21-12-11-13-22(26-21)20-27(23-14-5-2-6-15-23,24-16-7-3-8-17-24)25-18-9-4-10-19-25;;/h2-19H,20H2,1H3;2*1H/q+1;;. The predicted molar refractivity (Wildman–Crippen MR) is 132 cm³/mol. The van der Waals surface area contributed by atoms with Crippen molar-refractivity contribution in [2.75, 3.05) is 0 Å². The Morgan fingerprint density at radius 2 is 0.966 bits per heavy atom. The third-order valence-electron chi connectivity index (χ3n) is 4.94. The summed E-state index contributed by atoms with van der Waals surface area (Å²) in [5.41, 5.74) is 2.22. The van der Waals surface area contributed by atoms with E-state index in [0.717, 1.165) is 17.5 Å². The fourth-order valence-electron chi connectivity index (χ4n) is 3.70. The Kier molecular flexibility index (Phi) is 8.41. The summed E-state index contributed by atoms with van der Waals surface area (Å²) in [6, 6.07) is 39.2. The van der Waals surface area contributed by atoms with E-state index < -0.39 is 7.26 Å². The maximum atomic E-state index is 4.86. The lowest BCUT2D eigenvalue weighted by Gasteiger charge is -2.27. The molecular formula is C25H25Cl2NP+. The molecule has 1 heterocycles. The maximum absolute atomic E-state index is 4.86. The van der Waals surface area contributed by atoms with Crippen molar-refractivity contribution in [3.63, 3.8) is 0 Å². The Morgan fingerprint density at radius 3 is 1.34 bits per heavy atom. The van der Waals surface area contributed by atoms with Crippen molar-refractivity contribution >= 4 is 48.0 Å². The summed E-state index contributed by atoms with van der Waals surface area (Å²) >= 11 is 0. The molecule has 0 N–H and O–H groups in total. The third-order valence-corrected chi connectivity index (χ3v) is 9.27. The van der Waals surface area contributed by atoms with Gasteiger partial charge in [0.25, 0.3) is 0 Å². The van der Waals surface area contributed by atoms with Crippen molar-refractivity contribution in [1.29, 1.82) is 0 Å². The number of aromatic nitrogens is 1. The van der Waals surface area contributed by atoms with Crippen LogP contribution < -0.4 is 15.9 Å². The molecule has 0 saturated heterocycles. The van der Waals surface area contributed by atoms with Gasteiger partial charge in [-0.3, -0.25) is 4.98 Å². The monoisotopic (exact) mass is 440 g/mol. The van der Waals surface area contributed by atoms with Crippen LogP contribution in [0.15, 0.2) is 109 Å². The van der Waals surface area contributed by atoms with Crippen molar-refractivity contribution < 1.29 is 0 Å². The molecule has 0 aliphatic rings. The normalized spacial score (nSPS) is 10.5. The Balaban J connectivity index is 0.00000150. The Bertz CT molecular complexity index is 912. The fourth-order valence-corrected chi connectivity index (χ4v) is 7.85. The SMILES string of the molecule is Cc1cccc(C[P+](c2ccccc2)(c2ccccc2)c2ccccc2)n1.Cl.Cl. The molecule has 0 amide bonds.